The highest BCUT2D eigenvalue weighted by Crippen LogP contribution is 2.32. The SMILES string of the molecule is CCCCS(=O)(=O)C(c1ccc(Cl)cc1)c1ccc(Cl)cc1. The Morgan fingerprint density at radius 3 is 1.64 bits per heavy atom. The number of unbranched alkanes of at least 4 members (excludes halogenated alkanes) is 1. The highest BCUT2D eigenvalue weighted by molar-refractivity contribution is 7.91. The molecule has 0 heterocycles. The Bertz CT molecular complexity index is 662. The largest absolute Gasteiger partial charge is 0.228 e. The van der Waals surface area contributed by atoms with E-state index >= 15 is 0 Å². The van der Waals surface area contributed by atoms with Crippen LogP contribution in [0.3, 0.4) is 0 Å². The maximum absolute atomic E-state index is 12.8. The van der Waals surface area contributed by atoms with Crippen LogP contribution in [0.2, 0.25) is 10.0 Å². The van der Waals surface area contributed by atoms with Gasteiger partial charge in [0.25, 0.3) is 0 Å². The molecule has 22 heavy (non-hydrogen) atoms. The van der Waals surface area contributed by atoms with Crippen molar-refractivity contribution in [3.8, 4) is 0 Å². The molecule has 2 nitrogen and oxygen atoms in total. The summed E-state index contributed by atoms with van der Waals surface area (Å²) < 4.78 is 25.6. The average molecular weight is 357 g/mol. The smallest absolute Gasteiger partial charge is 0.161 e. The number of rotatable bonds is 6. The summed E-state index contributed by atoms with van der Waals surface area (Å²) in [5, 5.41) is 0.489. The fraction of sp³-hybridized carbons (Fsp3) is 0.294. The van der Waals surface area contributed by atoms with Gasteiger partial charge in [-0.25, -0.2) is 8.42 Å². The van der Waals surface area contributed by atoms with E-state index in [2.05, 4.69) is 0 Å². The molecule has 0 amide bonds. The zero-order chi connectivity index (χ0) is 16.2. The first-order valence-corrected chi connectivity index (χ1v) is 9.63. The molecule has 0 bridgehead atoms. The number of hydrogen-bond donors (Lipinski definition) is 0. The second-order valence-electron chi connectivity index (χ2n) is 5.20. The lowest BCUT2D eigenvalue weighted by Gasteiger charge is -2.19. The summed E-state index contributed by atoms with van der Waals surface area (Å²) in [4.78, 5) is 0. The fourth-order valence-corrected chi connectivity index (χ4v) is 4.67. The van der Waals surface area contributed by atoms with Gasteiger partial charge in [-0.05, 0) is 41.8 Å². The van der Waals surface area contributed by atoms with Gasteiger partial charge in [0.2, 0.25) is 0 Å². The maximum Gasteiger partial charge on any atom is 0.161 e. The molecule has 0 N–H and O–H groups in total. The molecule has 2 aromatic rings. The van der Waals surface area contributed by atoms with Crippen LogP contribution in [0.15, 0.2) is 48.5 Å². The van der Waals surface area contributed by atoms with E-state index in [0.717, 1.165) is 17.5 Å². The summed E-state index contributed by atoms with van der Waals surface area (Å²) in [6.45, 7) is 1.98. The first-order chi connectivity index (χ1) is 10.4. The quantitative estimate of drug-likeness (QED) is 0.703. The van der Waals surface area contributed by atoms with Crippen molar-refractivity contribution in [2.75, 3.05) is 5.75 Å². The fourth-order valence-electron chi connectivity index (χ4n) is 2.35. The van der Waals surface area contributed by atoms with E-state index < -0.39 is 15.1 Å². The van der Waals surface area contributed by atoms with Crippen LogP contribution in [-0.4, -0.2) is 14.2 Å². The Kier molecular flexibility index (Phi) is 5.90. The topological polar surface area (TPSA) is 34.1 Å². The predicted octanol–water partition coefficient (Wildman–Crippen LogP) is 5.30. The number of hydrogen-bond acceptors (Lipinski definition) is 2. The molecule has 0 aromatic heterocycles. The Morgan fingerprint density at radius 1 is 0.864 bits per heavy atom. The van der Waals surface area contributed by atoms with Gasteiger partial charge in [0.05, 0.1) is 5.75 Å². The normalized spacial score (nSPS) is 11.8. The van der Waals surface area contributed by atoms with Gasteiger partial charge in [0, 0.05) is 10.0 Å². The molecule has 0 aliphatic carbocycles. The predicted molar refractivity (Wildman–Crippen MR) is 93.4 cm³/mol. The zero-order valence-corrected chi connectivity index (χ0v) is 14.6. The van der Waals surface area contributed by atoms with Crippen LogP contribution in [0.4, 0.5) is 0 Å². The minimum absolute atomic E-state index is 0.166. The van der Waals surface area contributed by atoms with Crippen LogP contribution in [0.5, 0.6) is 0 Å². The molecule has 0 aliphatic heterocycles. The van der Waals surface area contributed by atoms with Crippen molar-refractivity contribution in [1.82, 2.24) is 0 Å². The highest BCUT2D eigenvalue weighted by Gasteiger charge is 2.28. The van der Waals surface area contributed by atoms with Crippen molar-refractivity contribution < 1.29 is 8.42 Å². The van der Waals surface area contributed by atoms with Gasteiger partial charge in [-0.15, -0.1) is 0 Å². The minimum Gasteiger partial charge on any atom is -0.228 e. The molecule has 0 unspecified atom stereocenters. The van der Waals surface area contributed by atoms with E-state index in [4.69, 9.17) is 23.2 Å². The number of benzene rings is 2. The maximum atomic E-state index is 12.8. The molecule has 0 spiro atoms. The third-order valence-corrected chi connectivity index (χ3v) is 6.11. The second-order valence-corrected chi connectivity index (χ2v) is 8.28. The molecular formula is C17H18Cl2O2S. The molecular weight excluding hydrogens is 339 g/mol. The highest BCUT2D eigenvalue weighted by atomic mass is 35.5. The lowest BCUT2D eigenvalue weighted by Crippen LogP contribution is -2.18. The lowest BCUT2D eigenvalue weighted by atomic mass is 10.0. The monoisotopic (exact) mass is 356 g/mol. The first kappa shape index (κ1) is 17.3. The molecule has 2 rings (SSSR count). The first-order valence-electron chi connectivity index (χ1n) is 7.16. The van der Waals surface area contributed by atoms with E-state index in [-0.39, 0.29) is 5.75 Å². The lowest BCUT2D eigenvalue weighted by molar-refractivity contribution is 0.585. The standard InChI is InChI=1S/C17H18Cl2O2S/c1-2-3-12-22(20,21)17(13-4-8-15(18)9-5-13)14-6-10-16(19)11-7-14/h4-11,17H,2-3,12H2,1H3. The van der Waals surface area contributed by atoms with Crippen molar-refractivity contribution in [1.29, 1.82) is 0 Å². The van der Waals surface area contributed by atoms with Crippen molar-refractivity contribution in [2.24, 2.45) is 0 Å². The summed E-state index contributed by atoms with van der Waals surface area (Å²) in [7, 11) is -3.30. The van der Waals surface area contributed by atoms with Gasteiger partial charge in [0.15, 0.2) is 9.84 Å². The Labute approximate surface area is 142 Å². The van der Waals surface area contributed by atoms with Crippen molar-refractivity contribution in [3.05, 3.63) is 69.7 Å². The Morgan fingerprint density at radius 2 is 1.27 bits per heavy atom. The van der Waals surface area contributed by atoms with E-state index in [9.17, 15) is 8.42 Å². The molecule has 0 atom stereocenters. The molecule has 0 fully saturated rings. The van der Waals surface area contributed by atoms with Crippen LogP contribution in [-0.2, 0) is 9.84 Å². The summed E-state index contributed by atoms with van der Waals surface area (Å²) in [6, 6.07) is 13.9. The van der Waals surface area contributed by atoms with E-state index in [1.165, 1.54) is 0 Å². The van der Waals surface area contributed by atoms with Crippen molar-refractivity contribution in [2.45, 2.75) is 25.0 Å². The van der Waals surface area contributed by atoms with Crippen molar-refractivity contribution >= 4 is 33.0 Å². The molecule has 0 saturated carbocycles. The van der Waals surface area contributed by atoms with Gasteiger partial charge in [0.1, 0.15) is 5.25 Å². The van der Waals surface area contributed by atoms with Crippen LogP contribution >= 0.6 is 23.2 Å². The molecule has 0 saturated heterocycles. The van der Waals surface area contributed by atoms with Crippen LogP contribution < -0.4 is 0 Å². The number of halogens is 2. The van der Waals surface area contributed by atoms with Gasteiger partial charge in [-0.1, -0.05) is 60.8 Å². The van der Waals surface area contributed by atoms with E-state index in [0.29, 0.717) is 16.5 Å². The van der Waals surface area contributed by atoms with Crippen LogP contribution in [0.25, 0.3) is 0 Å². The third kappa shape index (κ3) is 4.25. The van der Waals surface area contributed by atoms with Crippen LogP contribution in [0.1, 0.15) is 36.1 Å². The van der Waals surface area contributed by atoms with Gasteiger partial charge in [-0.3, -0.25) is 0 Å². The number of sulfone groups is 1. The van der Waals surface area contributed by atoms with Crippen molar-refractivity contribution in [3.63, 3.8) is 0 Å². The second kappa shape index (κ2) is 7.49. The molecule has 0 aliphatic rings. The molecule has 2 aromatic carbocycles. The summed E-state index contributed by atoms with van der Waals surface area (Å²) in [5.74, 6) is 0.166. The van der Waals surface area contributed by atoms with Gasteiger partial charge in [-0.2, -0.15) is 0 Å². The molecule has 5 heteroatoms. The Hall–Kier alpha value is -1.03. The minimum atomic E-state index is -3.30. The molecule has 118 valence electrons. The van der Waals surface area contributed by atoms with Crippen LogP contribution in [0, 0.1) is 0 Å². The van der Waals surface area contributed by atoms with Gasteiger partial charge < -0.3 is 0 Å². The Balaban J connectivity index is 2.49. The average Bonchev–Trinajstić information content (AvgIpc) is 2.49. The summed E-state index contributed by atoms with van der Waals surface area (Å²) in [6.07, 6.45) is 1.49. The van der Waals surface area contributed by atoms with E-state index in [1.807, 2.05) is 6.92 Å². The zero-order valence-electron chi connectivity index (χ0n) is 12.3. The summed E-state index contributed by atoms with van der Waals surface area (Å²) >= 11 is 11.8. The third-order valence-electron chi connectivity index (χ3n) is 3.49. The summed E-state index contributed by atoms with van der Waals surface area (Å²) in [5.41, 5.74) is 1.45. The molecule has 0 radical (unpaired) electrons. The van der Waals surface area contributed by atoms with E-state index in [1.54, 1.807) is 48.5 Å². The van der Waals surface area contributed by atoms with Gasteiger partial charge >= 0.3 is 0 Å².